The molecule has 0 atom stereocenters. The van der Waals surface area contributed by atoms with Crippen molar-refractivity contribution in [3.63, 3.8) is 0 Å². The van der Waals surface area contributed by atoms with E-state index in [-0.39, 0.29) is 0 Å². The van der Waals surface area contributed by atoms with Crippen molar-refractivity contribution in [3.05, 3.63) is 24.3 Å². The minimum absolute atomic E-state index is 0.686. The molecule has 0 bridgehead atoms. The van der Waals surface area contributed by atoms with Gasteiger partial charge in [0.05, 0.1) is 33.0 Å². The lowest BCUT2D eigenvalue weighted by Gasteiger charge is -2.23. The predicted octanol–water partition coefficient (Wildman–Crippen LogP) is 1.16. The van der Waals surface area contributed by atoms with Gasteiger partial charge in [-0.1, -0.05) is 6.07 Å². The van der Waals surface area contributed by atoms with Crippen LogP contribution in [0.4, 0.5) is 0 Å². The highest BCUT2D eigenvalue weighted by atomic mass is 16.5. The SMILES string of the molecule is CCOc1cccc(OCCCC[NH+]2CCOCC2)c1. The van der Waals surface area contributed by atoms with Gasteiger partial charge in [-0.05, 0) is 31.9 Å². The summed E-state index contributed by atoms with van der Waals surface area (Å²) in [5.74, 6) is 1.78. The molecule has 0 saturated carbocycles. The summed E-state index contributed by atoms with van der Waals surface area (Å²) in [5, 5.41) is 0. The van der Waals surface area contributed by atoms with E-state index in [9.17, 15) is 0 Å². The molecule has 2 rings (SSSR count). The number of morpholine rings is 1. The van der Waals surface area contributed by atoms with Gasteiger partial charge in [0.25, 0.3) is 0 Å². The Labute approximate surface area is 121 Å². The molecule has 4 nitrogen and oxygen atoms in total. The Morgan fingerprint density at radius 3 is 2.60 bits per heavy atom. The maximum Gasteiger partial charge on any atom is 0.122 e. The van der Waals surface area contributed by atoms with Crippen molar-refractivity contribution in [2.75, 3.05) is 46.1 Å². The van der Waals surface area contributed by atoms with E-state index in [0.29, 0.717) is 6.61 Å². The van der Waals surface area contributed by atoms with E-state index < -0.39 is 0 Å². The third kappa shape index (κ3) is 5.39. The van der Waals surface area contributed by atoms with Crippen molar-refractivity contribution < 1.29 is 19.1 Å². The Kier molecular flexibility index (Phi) is 6.68. The van der Waals surface area contributed by atoms with Crippen molar-refractivity contribution in [1.29, 1.82) is 0 Å². The molecule has 1 heterocycles. The van der Waals surface area contributed by atoms with E-state index in [1.807, 2.05) is 31.2 Å². The molecule has 0 unspecified atom stereocenters. The summed E-state index contributed by atoms with van der Waals surface area (Å²) in [4.78, 5) is 1.66. The fraction of sp³-hybridized carbons (Fsp3) is 0.625. The smallest absolute Gasteiger partial charge is 0.122 e. The van der Waals surface area contributed by atoms with Crippen molar-refractivity contribution in [2.24, 2.45) is 0 Å². The van der Waals surface area contributed by atoms with Crippen LogP contribution in [0.15, 0.2) is 24.3 Å². The van der Waals surface area contributed by atoms with E-state index in [0.717, 1.165) is 50.8 Å². The first-order chi connectivity index (χ1) is 9.88. The van der Waals surface area contributed by atoms with Gasteiger partial charge >= 0.3 is 0 Å². The van der Waals surface area contributed by atoms with Gasteiger partial charge in [-0.2, -0.15) is 0 Å². The zero-order chi connectivity index (χ0) is 14.0. The molecule has 1 aliphatic rings. The average Bonchev–Trinajstić information content (AvgIpc) is 2.49. The second-order valence-corrected chi connectivity index (χ2v) is 5.08. The fourth-order valence-corrected chi connectivity index (χ4v) is 2.40. The van der Waals surface area contributed by atoms with Crippen LogP contribution in [0.5, 0.6) is 11.5 Å². The molecule has 1 aliphatic heterocycles. The molecule has 0 radical (unpaired) electrons. The van der Waals surface area contributed by atoms with Gasteiger partial charge in [-0.25, -0.2) is 0 Å². The average molecular weight is 280 g/mol. The van der Waals surface area contributed by atoms with E-state index in [1.54, 1.807) is 4.90 Å². The predicted molar refractivity (Wildman–Crippen MR) is 78.7 cm³/mol. The largest absolute Gasteiger partial charge is 0.494 e. The first-order valence-corrected chi connectivity index (χ1v) is 7.65. The summed E-state index contributed by atoms with van der Waals surface area (Å²) in [6.07, 6.45) is 2.31. The number of benzene rings is 1. The Morgan fingerprint density at radius 2 is 1.85 bits per heavy atom. The van der Waals surface area contributed by atoms with E-state index in [2.05, 4.69) is 0 Å². The summed E-state index contributed by atoms with van der Waals surface area (Å²) >= 11 is 0. The first-order valence-electron chi connectivity index (χ1n) is 7.65. The van der Waals surface area contributed by atoms with Crippen LogP contribution in [-0.2, 0) is 4.74 Å². The molecule has 20 heavy (non-hydrogen) atoms. The van der Waals surface area contributed by atoms with Crippen LogP contribution in [0.3, 0.4) is 0 Å². The van der Waals surface area contributed by atoms with Crippen LogP contribution >= 0.6 is 0 Å². The van der Waals surface area contributed by atoms with Crippen LogP contribution in [0, 0.1) is 0 Å². The van der Waals surface area contributed by atoms with Crippen molar-refractivity contribution in [2.45, 2.75) is 19.8 Å². The summed E-state index contributed by atoms with van der Waals surface area (Å²) in [7, 11) is 0. The Morgan fingerprint density at radius 1 is 1.10 bits per heavy atom. The molecule has 1 N–H and O–H groups in total. The van der Waals surface area contributed by atoms with Crippen LogP contribution in [0.25, 0.3) is 0 Å². The zero-order valence-corrected chi connectivity index (χ0v) is 12.4. The Bertz CT molecular complexity index is 378. The molecule has 0 spiro atoms. The zero-order valence-electron chi connectivity index (χ0n) is 12.4. The highest BCUT2D eigenvalue weighted by molar-refractivity contribution is 5.32. The number of quaternary nitrogens is 1. The van der Waals surface area contributed by atoms with Gasteiger partial charge in [0.1, 0.15) is 24.6 Å². The van der Waals surface area contributed by atoms with Crippen LogP contribution in [0.2, 0.25) is 0 Å². The fourth-order valence-electron chi connectivity index (χ4n) is 2.40. The van der Waals surface area contributed by atoms with E-state index in [1.165, 1.54) is 13.0 Å². The maximum atomic E-state index is 5.77. The van der Waals surface area contributed by atoms with Crippen LogP contribution < -0.4 is 14.4 Å². The highest BCUT2D eigenvalue weighted by Crippen LogP contribution is 2.19. The molecule has 0 aromatic heterocycles. The van der Waals surface area contributed by atoms with Gasteiger partial charge in [0.15, 0.2) is 0 Å². The summed E-state index contributed by atoms with van der Waals surface area (Å²) in [6, 6.07) is 7.86. The minimum atomic E-state index is 0.686. The Balaban J connectivity index is 1.59. The van der Waals surface area contributed by atoms with E-state index >= 15 is 0 Å². The maximum absolute atomic E-state index is 5.77. The summed E-state index contributed by atoms with van der Waals surface area (Å²) < 4.78 is 16.6. The number of ether oxygens (including phenoxy) is 3. The van der Waals surface area contributed by atoms with E-state index in [4.69, 9.17) is 14.2 Å². The number of nitrogens with one attached hydrogen (secondary N) is 1. The minimum Gasteiger partial charge on any atom is -0.494 e. The number of hydrogen-bond donors (Lipinski definition) is 1. The van der Waals surface area contributed by atoms with Gasteiger partial charge in [-0.3, -0.25) is 0 Å². The molecule has 1 aromatic rings. The molecular weight excluding hydrogens is 254 g/mol. The quantitative estimate of drug-likeness (QED) is 0.725. The molecule has 112 valence electrons. The topological polar surface area (TPSA) is 32.1 Å². The third-order valence-corrected chi connectivity index (χ3v) is 3.51. The van der Waals surface area contributed by atoms with Gasteiger partial charge in [-0.15, -0.1) is 0 Å². The van der Waals surface area contributed by atoms with Gasteiger partial charge in [0, 0.05) is 6.07 Å². The van der Waals surface area contributed by atoms with Crippen molar-refractivity contribution in [1.82, 2.24) is 0 Å². The molecule has 4 heteroatoms. The lowest BCUT2D eigenvalue weighted by atomic mass is 10.3. The highest BCUT2D eigenvalue weighted by Gasteiger charge is 2.12. The number of hydrogen-bond acceptors (Lipinski definition) is 3. The summed E-state index contributed by atoms with van der Waals surface area (Å²) in [6.45, 7) is 8.80. The second-order valence-electron chi connectivity index (χ2n) is 5.08. The second kappa shape index (κ2) is 8.82. The molecule has 1 saturated heterocycles. The lowest BCUT2D eigenvalue weighted by molar-refractivity contribution is -0.908. The molecule has 1 fully saturated rings. The van der Waals surface area contributed by atoms with Gasteiger partial charge in [0.2, 0.25) is 0 Å². The number of rotatable bonds is 8. The molecule has 0 amide bonds. The van der Waals surface area contributed by atoms with Gasteiger partial charge < -0.3 is 19.1 Å². The summed E-state index contributed by atoms with van der Waals surface area (Å²) in [5.41, 5.74) is 0. The molecule has 0 aliphatic carbocycles. The number of unbranched alkanes of at least 4 members (excludes halogenated alkanes) is 1. The van der Waals surface area contributed by atoms with Crippen LogP contribution in [-0.4, -0.2) is 46.1 Å². The molecule has 1 aromatic carbocycles. The normalized spacial score (nSPS) is 16.1. The van der Waals surface area contributed by atoms with Crippen molar-refractivity contribution >= 4 is 0 Å². The third-order valence-electron chi connectivity index (χ3n) is 3.51. The standard InChI is InChI=1S/C16H25NO3/c1-2-19-15-6-5-7-16(14-15)20-11-4-3-8-17-9-12-18-13-10-17/h5-7,14H,2-4,8-13H2,1H3/p+1. The lowest BCUT2D eigenvalue weighted by Crippen LogP contribution is -3.14. The van der Waals surface area contributed by atoms with Crippen molar-refractivity contribution in [3.8, 4) is 11.5 Å². The monoisotopic (exact) mass is 280 g/mol. The first kappa shape index (κ1) is 15.1. The van der Waals surface area contributed by atoms with Crippen LogP contribution in [0.1, 0.15) is 19.8 Å². The molecular formula is C16H26NO3+. The Hall–Kier alpha value is -1.26.